The fraction of sp³-hybridized carbons (Fsp3) is 0.250. The van der Waals surface area contributed by atoms with Crippen molar-refractivity contribution in [1.82, 2.24) is 14.8 Å². The van der Waals surface area contributed by atoms with Gasteiger partial charge in [-0.15, -0.1) is 10.2 Å². The van der Waals surface area contributed by atoms with Crippen molar-refractivity contribution in [2.24, 2.45) is 4.99 Å². The second-order valence-corrected chi connectivity index (χ2v) is 8.53. The van der Waals surface area contributed by atoms with E-state index in [4.69, 9.17) is 9.47 Å². The number of aryl methyl sites for hydroxylation is 1. The van der Waals surface area contributed by atoms with Crippen LogP contribution in [0.2, 0.25) is 0 Å². The number of halogens is 1. The number of ether oxygens (including phenoxy) is 2. The molecule has 1 aliphatic heterocycles. The molecule has 3 aromatic carbocycles. The molecule has 0 spiro atoms. The van der Waals surface area contributed by atoms with Crippen molar-refractivity contribution in [3.63, 3.8) is 0 Å². The summed E-state index contributed by atoms with van der Waals surface area (Å²) in [6, 6.07) is 20.0. The van der Waals surface area contributed by atoms with E-state index in [0.29, 0.717) is 18.1 Å². The topological polar surface area (TPSA) is 61.5 Å². The molecule has 0 aliphatic carbocycles. The maximum absolute atomic E-state index is 13.1. The van der Waals surface area contributed by atoms with Gasteiger partial charge in [-0.3, -0.25) is 4.99 Å². The number of nitrogens with zero attached hydrogens (tertiary/aromatic N) is 4. The van der Waals surface area contributed by atoms with Gasteiger partial charge < -0.3 is 14.0 Å². The van der Waals surface area contributed by atoms with E-state index in [1.807, 2.05) is 42.5 Å². The lowest BCUT2D eigenvalue weighted by Gasteiger charge is -2.11. The molecule has 7 heteroatoms. The van der Waals surface area contributed by atoms with Crippen LogP contribution in [-0.2, 0) is 19.6 Å². The number of fused-ring (bicyclic) bond motifs is 1. The van der Waals surface area contributed by atoms with Gasteiger partial charge in [0.15, 0.2) is 17.3 Å². The van der Waals surface area contributed by atoms with Crippen LogP contribution in [0.25, 0.3) is 11.4 Å². The summed E-state index contributed by atoms with van der Waals surface area (Å²) in [5.41, 5.74) is 3.67. The maximum Gasteiger partial charge on any atom is 0.163 e. The number of hydrogen-bond acceptors (Lipinski definition) is 5. The van der Waals surface area contributed by atoms with Crippen LogP contribution in [0.1, 0.15) is 36.2 Å². The van der Waals surface area contributed by atoms with Crippen LogP contribution in [0.15, 0.2) is 71.7 Å². The molecular formula is C28H27FN4O2. The number of aromatic nitrogens is 3. The van der Waals surface area contributed by atoms with Crippen molar-refractivity contribution in [2.45, 2.75) is 38.8 Å². The molecule has 35 heavy (non-hydrogen) atoms. The number of hydrogen-bond donors (Lipinski definition) is 0. The van der Waals surface area contributed by atoms with E-state index >= 15 is 0 Å². The highest BCUT2D eigenvalue weighted by Crippen LogP contribution is 2.29. The molecule has 0 saturated carbocycles. The molecule has 0 bridgehead atoms. The van der Waals surface area contributed by atoms with E-state index in [1.165, 1.54) is 31.4 Å². The van der Waals surface area contributed by atoms with Crippen LogP contribution in [0.5, 0.6) is 11.5 Å². The first-order valence-electron chi connectivity index (χ1n) is 11.8. The minimum Gasteiger partial charge on any atom is -0.493 e. The standard InChI is InChI=1S/C28H27FN4O2/c1-34-26-17-21(8-15-25(26)35-19-20-6-11-23(29)12-7-20)18-30-24-13-9-22(10-14-24)28-32-31-27-5-3-2-4-16-33(27)28/h6-15,17-18H,2-5,16,19H2,1H3. The Balaban J connectivity index is 1.26. The van der Waals surface area contributed by atoms with Gasteiger partial charge in [-0.1, -0.05) is 18.6 Å². The Morgan fingerprint density at radius 2 is 1.77 bits per heavy atom. The molecule has 0 unspecified atom stereocenters. The summed E-state index contributed by atoms with van der Waals surface area (Å²) < 4.78 is 26.7. The Hall–Kier alpha value is -4.00. The predicted octanol–water partition coefficient (Wildman–Crippen LogP) is 6.15. The Morgan fingerprint density at radius 1 is 0.943 bits per heavy atom. The molecule has 0 fully saturated rings. The Kier molecular flexibility index (Phi) is 6.84. The third-order valence-corrected chi connectivity index (χ3v) is 6.09. The van der Waals surface area contributed by atoms with Gasteiger partial charge in [0, 0.05) is 24.7 Å². The molecule has 0 atom stereocenters. The van der Waals surface area contributed by atoms with Gasteiger partial charge in [0.2, 0.25) is 0 Å². The van der Waals surface area contributed by atoms with Crippen LogP contribution >= 0.6 is 0 Å². The summed E-state index contributed by atoms with van der Waals surface area (Å²) in [7, 11) is 1.60. The minimum atomic E-state index is -0.266. The molecule has 1 aromatic heterocycles. The van der Waals surface area contributed by atoms with Gasteiger partial charge in [-0.25, -0.2) is 4.39 Å². The van der Waals surface area contributed by atoms with Crippen LogP contribution in [0, 0.1) is 5.82 Å². The predicted molar refractivity (Wildman–Crippen MR) is 134 cm³/mol. The van der Waals surface area contributed by atoms with E-state index in [1.54, 1.807) is 25.5 Å². The third-order valence-electron chi connectivity index (χ3n) is 6.09. The summed E-state index contributed by atoms with van der Waals surface area (Å²) >= 11 is 0. The Bertz CT molecular complexity index is 1310. The Labute approximate surface area is 204 Å². The zero-order valence-electron chi connectivity index (χ0n) is 19.7. The smallest absolute Gasteiger partial charge is 0.163 e. The molecule has 178 valence electrons. The SMILES string of the molecule is COc1cc(C=Nc2ccc(-c3nnc4n3CCCCC4)cc2)ccc1OCc1ccc(F)cc1. The largest absolute Gasteiger partial charge is 0.493 e. The van der Waals surface area contributed by atoms with Gasteiger partial charge in [-0.2, -0.15) is 0 Å². The summed E-state index contributed by atoms with van der Waals surface area (Å²) in [6.07, 6.45) is 6.37. The van der Waals surface area contributed by atoms with Gasteiger partial charge >= 0.3 is 0 Å². The van der Waals surface area contributed by atoms with Crippen molar-refractivity contribution in [3.8, 4) is 22.9 Å². The number of benzene rings is 3. The lowest BCUT2D eigenvalue weighted by molar-refractivity contribution is 0.284. The van der Waals surface area contributed by atoms with Crippen molar-refractivity contribution in [2.75, 3.05) is 7.11 Å². The lowest BCUT2D eigenvalue weighted by atomic mass is 10.2. The molecule has 6 nitrogen and oxygen atoms in total. The first kappa shape index (κ1) is 22.8. The number of methoxy groups -OCH3 is 1. The normalized spacial score (nSPS) is 13.4. The number of rotatable bonds is 7. The monoisotopic (exact) mass is 470 g/mol. The zero-order valence-corrected chi connectivity index (χ0v) is 19.7. The molecule has 4 aromatic rings. The second kappa shape index (κ2) is 10.5. The molecule has 2 heterocycles. The first-order valence-corrected chi connectivity index (χ1v) is 11.8. The molecule has 0 amide bonds. The maximum atomic E-state index is 13.1. The summed E-state index contributed by atoms with van der Waals surface area (Å²) in [4.78, 5) is 4.61. The minimum absolute atomic E-state index is 0.266. The van der Waals surface area contributed by atoms with Gasteiger partial charge in [-0.05, 0) is 78.6 Å². The highest BCUT2D eigenvalue weighted by atomic mass is 19.1. The molecule has 1 aliphatic rings. The number of aliphatic imine (C=N–C) groups is 1. The van der Waals surface area contributed by atoms with E-state index in [-0.39, 0.29) is 5.82 Å². The molecule has 5 rings (SSSR count). The third kappa shape index (κ3) is 5.40. The Morgan fingerprint density at radius 3 is 2.57 bits per heavy atom. The van der Waals surface area contributed by atoms with Crippen LogP contribution in [-0.4, -0.2) is 28.1 Å². The summed E-state index contributed by atoms with van der Waals surface area (Å²) in [6.45, 7) is 1.30. The summed E-state index contributed by atoms with van der Waals surface area (Å²) in [5.74, 6) is 2.97. The summed E-state index contributed by atoms with van der Waals surface area (Å²) in [5, 5.41) is 8.83. The van der Waals surface area contributed by atoms with Gasteiger partial charge in [0.05, 0.1) is 12.8 Å². The molecule has 0 N–H and O–H groups in total. The van der Waals surface area contributed by atoms with Crippen molar-refractivity contribution < 1.29 is 13.9 Å². The van der Waals surface area contributed by atoms with Crippen LogP contribution < -0.4 is 9.47 Å². The van der Waals surface area contributed by atoms with Crippen LogP contribution in [0.3, 0.4) is 0 Å². The van der Waals surface area contributed by atoms with E-state index in [0.717, 1.165) is 47.0 Å². The highest BCUT2D eigenvalue weighted by molar-refractivity contribution is 5.83. The van der Waals surface area contributed by atoms with Gasteiger partial charge in [0.25, 0.3) is 0 Å². The fourth-order valence-electron chi connectivity index (χ4n) is 4.17. The van der Waals surface area contributed by atoms with E-state index in [9.17, 15) is 4.39 Å². The lowest BCUT2D eigenvalue weighted by Crippen LogP contribution is -2.02. The quantitative estimate of drug-likeness (QED) is 0.304. The molecule has 0 saturated heterocycles. The zero-order chi connectivity index (χ0) is 24.0. The van der Waals surface area contributed by atoms with Crippen LogP contribution in [0.4, 0.5) is 10.1 Å². The van der Waals surface area contributed by atoms with E-state index < -0.39 is 0 Å². The average molecular weight is 471 g/mol. The first-order chi connectivity index (χ1) is 17.2. The van der Waals surface area contributed by atoms with Gasteiger partial charge in [0.1, 0.15) is 18.2 Å². The van der Waals surface area contributed by atoms with Crippen molar-refractivity contribution in [3.05, 3.63) is 89.5 Å². The fourth-order valence-corrected chi connectivity index (χ4v) is 4.17. The van der Waals surface area contributed by atoms with Crippen molar-refractivity contribution in [1.29, 1.82) is 0 Å². The molecule has 0 radical (unpaired) electrons. The second-order valence-electron chi connectivity index (χ2n) is 8.53. The van der Waals surface area contributed by atoms with E-state index in [2.05, 4.69) is 19.8 Å². The average Bonchev–Trinajstić information content (AvgIpc) is 3.15. The van der Waals surface area contributed by atoms with Crippen molar-refractivity contribution >= 4 is 11.9 Å². The highest BCUT2D eigenvalue weighted by Gasteiger charge is 2.15. The molecular weight excluding hydrogens is 443 g/mol.